The number of rotatable bonds is 5. The molecule has 19 heavy (non-hydrogen) atoms. The van der Waals surface area contributed by atoms with Crippen molar-refractivity contribution in [3.63, 3.8) is 0 Å². The van der Waals surface area contributed by atoms with E-state index in [1.54, 1.807) is 6.08 Å². The minimum Gasteiger partial charge on any atom is -0.293 e. The van der Waals surface area contributed by atoms with E-state index >= 15 is 0 Å². The molecule has 0 saturated heterocycles. The predicted molar refractivity (Wildman–Crippen MR) is 80.2 cm³/mol. The van der Waals surface area contributed by atoms with E-state index in [4.69, 9.17) is 0 Å². The second-order valence-corrected chi connectivity index (χ2v) is 4.43. The van der Waals surface area contributed by atoms with Crippen LogP contribution < -0.4 is 0 Å². The molecule has 0 radical (unpaired) electrons. The van der Waals surface area contributed by atoms with Crippen LogP contribution in [-0.2, 0) is 4.79 Å². The van der Waals surface area contributed by atoms with Gasteiger partial charge in [0.05, 0.1) is 0 Å². The quantitative estimate of drug-likeness (QED) is 0.453. The van der Waals surface area contributed by atoms with Crippen molar-refractivity contribution in [2.75, 3.05) is 0 Å². The molecular weight excluding hydrogens is 236 g/mol. The lowest BCUT2D eigenvalue weighted by molar-refractivity contribution is -0.110. The molecule has 0 unspecified atom stereocenters. The molecule has 0 aliphatic carbocycles. The lowest BCUT2D eigenvalue weighted by Gasteiger charge is -2.17. The van der Waals surface area contributed by atoms with Crippen LogP contribution in [0.1, 0.15) is 24.2 Å². The predicted octanol–water partition coefficient (Wildman–Crippen LogP) is 4.01. The molecule has 1 rings (SSSR count). The van der Waals surface area contributed by atoms with Gasteiger partial charge in [0.1, 0.15) is 0 Å². The first kappa shape index (κ1) is 16.8. The Bertz CT molecular complexity index is 457. The summed E-state index contributed by atoms with van der Waals surface area (Å²) in [7, 11) is 0. The highest BCUT2D eigenvalue weighted by atomic mass is 16.1. The summed E-state index contributed by atoms with van der Waals surface area (Å²) in [5, 5.41) is 0. The molecule has 0 N–H and O–H groups in total. The molecule has 0 aliphatic heterocycles. The molecule has 2 heteroatoms. The third-order valence-corrected chi connectivity index (χ3v) is 2.53. The second-order valence-electron chi connectivity index (χ2n) is 4.43. The number of carbonyl (C=O) groups is 2. The van der Waals surface area contributed by atoms with E-state index < -0.39 is 5.41 Å². The summed E-state index contributed by atoms with van der Waals surface area (Å²) in [6, 6.07) is 9.29. The van der Waals surface area contributed by atoms with Crippen LogP contribution in [0.3, 0.4) is 0 Å². The van der Waals surface area contributed by atoms with Crippen LogP contribution in [0.15, 0.2) is 68.3 Å². The molecule has 1 aromatic carbocycles. The molecule has 2 nitrogen and oxygen atoms in total. The maximum Gasteiger partial charge on any atom is 0.177 e. The van der Waals surface area contributed by atoms with Gasteiger partial charge in [-0.2, -0.15) is 0 Å². The minimum absolute atomic E-state index is 0.114. The fraction of sp³-hybridized carbons (Fsp3) is 0.176. The largest absolute Gasteiger partial charge is 0.293 e. The molecule has 0 saturated carbocycles. The Morgan fingerprint density at radius 3 is 1.79 bits per heavy atom. The van der Waals surface area contributed by atoms with Crippen molar-refractivity contribution in [1.82, 2.24) is 0 Å². The Labute approximate surface area is 115 Å². The Morgan fingerprint density at radius 2 is 1.47 bits per heavy atom. The van der Waals surface area contributed by atoms with Crippen LogP contribution in [0.4, 0.5) is 0 Å². The van der Waals surface area contributed by atoms with Crippen molar-refractivity contribution >= 4 is 11.6 Å². The van der Waals surface area contributed by atoms with E-state index in [2.05, 4.69) is 19.7 Å². The molecule has 0 spiro atoms. The number of allylic oxidation sites excluding steroid dienone is 3. The zero-order valence-electron chi connectivity index (χ0n) is 11.6. The summed E-state index contributed by atoms with van der Waals surface area (Å²) < 4.78 is 0. The number of hydrogen-bond donors (Lipinski definition) is 0. The molecule has 0 aliphatic rings. The van der Waals surface area contributed by atoms with Gasteiger partial charge >= 0.3 is 0 Å². The van der Waals surface area contributed by atoms with Crippen LogP contribution >= 0.6 is 0 Å². The van der Waals surface area contributed by atoms with E-state index in [1.807, 2.05) is 44.2 Å². The van der Waals surface area contributed by atoms with Gasteiger partial charge in [-0.1, -0.05) is 49.6 Å². The van der Waals surface area contributed by atoms with Crippen molar-refractivity contribution in [2.45, 2.75) is 13.8 Å². The first-order valence-electron chi connectivity index (χ1n) is 5.91. The first-order chi connectivity index (χ1) is 8.88. The fourth-order valence-corrected chi connectivity index (χ4v) is 1.14. The van der Waals surface area contributed by atoms with Gasteiger partial charge in [-0.25, -0.2) is 0 Å². The fourth-order valence-electron chi connectivity index (χ4n) is 1.14. The van der Waals surface area contributed by atoms with E-state index in [0.717, 1.165) is 5.56 Å². The highest BCUT2D eigenvalue weighted by molar-refractivity contribution is 6.01. The van der Waals surface area contributed by atoms with Crippen LogP contribution in [0.25, 0.3) is 0 Å². The molecular formula is C17H20O2. The van der Waals surface area contributed by atoms with Gasteiger partial charge in [-0.15, -0.1) is 6.58 Å². The van der Waals surface area contributed by atoms with E-state index in [9.17, 15) is 9.59 Å². The van der Waals surface area contributed by atoms with Gasteiger partial charge in [0.25, 0.3) is 0 Å². The summed E-state index contributed by atoms with van der Waals surface area (Å²) in [6.45, 7) is 13.8. The molecule has 0 bridgehead atoms. The first-order valence-corrected chi connectivity index (χ1v) is 5.91. The summed E-state index contributed by atoms with van der Waals surface area (Å²) in [4.78, 5) is 21.8. The van der Waals surface area contributed by atoms with Gasteiger partial charge in [0.2, 0.25) is 0 Å². The lowest BCUT2D eigenvalue weighted by atomic mass is 9.84. The van der Waals surface area contributed by atoms with Gasteiger partial charge < -0.3 is 0 Å². The smallest absolute Gasteiger partial charge is 0.177 e. The second kappa shape index (κ2) is 7.98. The van der Waals surface area contributed by atoms with Crippen LogP contribution in [0, 0.1) is 5.41 Å². The maximum atomic E-state index is 11.8. The van der Waals surface area contributed by atoms with Gasteiger partial charge in [-0.3, -0.25) is 9.59 Å². The SMILES string of the molecule is C=CC(=O)C=C.C=CC(C)(C)C(=O)c1ccccc1. The minimum atomic E-state index is -0.471. The van der Waals surface area contributed by atoms with E-state index in [1.165, 1.54) is 12.2 Å². The van der Waals surface area contributed by atoms with Crippen LogP contribution in [-0.4, -0.2) is 11.6 Å². The third kappa shape index (κ3) is 5.77. The van der Waals surface area contributed by atoms with Crippen LogP contribution in [0.2, 0.25) is 0 Å². The molecule has 1 aromatic rings. The Kier molecular flexibility index (Phi) is 7.05. The molecule has 0 aromatic heterocycles. The number of ketones is 2. The Hall–Kier alpha value is -2.22. The van der Waals surface area contributed by atoms with Gasteiger partial charge in [-0.05, 0) is 26.0 Å². The number of benzene rings is 1. The highest BCUT2D eigenvalue weighted by Gasteiger charge is 2.24. The van der Waals surface area contributed by atoms with Crippen LogP contribution in [0.5, 0.6) is 0 Å². The van der Waals surface area contributed by atoms with Crippen molar-refractivity contribution in [2.24, 2.45) is 5.41 Å². The molecule has 0 heterocycles. The monoisotopic (exact) mass is 256 g/mol. The van der Waals surface area contributed by atoms with Crippen molar-refractivity contribution < 1.29 is 9.59 Å². The van der Waals surface area contributed by atoms with Crippen molar-refractivity contribution in [1.29, 1.82) is 0 Å². The highest BCUT2D eigenvalue weighted by Crippen LogP contribution is 2.22. The van der Waals surface area contributed by atoms with Gasteiger partial charge in [0.15, 0.2) is 11.6 Å². The zero-order valence-corrected chi connectivity index (χ0v) is 11.6. The average Bonchev–Trinajstić information content (AvgIpc) is 2.47. The standard InChI is InChI=1S/C12H14O.C5H6O/c1-4-12(2,3)11(13)10-8-6-5-7-9-10;1-3-5(6)4-2/h4-9H,1H2,2-3H3;3-4H,1-2H2. The number of hydrogen-bond acceptors (Lipinski definition) is 2. The summed E-state index contributed by atoms with van der Waals surface area (Å²) in [5.41, 5.74) is 0.272. The zero-order chi connectivity index (χ0) is 14.9. The summed E-state index contributed by atoms with van der Waals surface area (Å²) in [5.74, 6) is -0.0156. The summed E-state index contributed by atoms with van der Waals surface area (Å²) >= 11 is 0. The normalized spacial score (nSPS) is 9.58. The van der Waals surface area contributed by atoms with E-state index in [0.29, 0.717) is 0 Å². The topological polar surface area (TPSA) is 34.1 Å². The molecule has 0 atom stereocenters. The van der Waals surface area contributed by atoms with Gasteiger partial charge in [0, 0.05) is 11.0 Å². The maximum absolute atomic E-state index is 11.8. The average molecular weight is 256 g/mol. The van der Waals surface area contributed by atoms with E-state index in [-0.39, 0.29) is 11.6 Å². The summed E-state index contributed by atoms with van der Waals surface area (Å²) in [6.07, 6.45) is 4.11. The molecule has 0 amide bonds. The lowest BCUT2D eigenvalue weighted by Crippen LogP contribution is -2.21. The number of carbonyl (C=O) groups excluding carboxylic acids is 2. The molecule has 100 valence electrons. The third-order valence-electron chi connectivity index (χ3n) is 2.53. The Morgan fingerprint density at radius 1 is 1.00 bits per heavy atom. The van der Waals surface area contributed by atoms with Crippen molar-refractivity contribution in [3.8, 4) is 0 Å². The molecule has 0 fully saturated rings. The Balaban J connectivity index is 0.000000459. The number of Topliss-reactive ketones (excluding diaryl/α,β-unsaturated/α-hetero) is 1. The van der Waals surface area contributed by atoms with Crippen molar-refractivity contribution in [3.05, 3.63) is 73.9 Å².